The van der Waals surface area contributed by atoms with Crippen molar-refractivity contribution in [2.45, 2.75) is 6.92 Å². The van der Waals surface area contributed by atoms with Gasteiger partial charge in [0.25, 0.3) is 5.91 Å². The molecule has 0 aliphatic heterocycles. The van der Waals surface area contributed by atoms with Crippen LogP contribution in [0, 0.1) is 3.57 Å². The van der Waals surface area contributed by atoms with Crippen molar-refractivity contribution < 1.29 is 9.53 Å². The lowest BCUT2D eigenvalue weighted by Gasteiger charge is -2.08. The summed E-state index contributed by atoms with van der Waals surface area (Å²) in [5.74, 6) is 0.653. The number of hydrogen-bond donors (Lipinski definition) is 1. The van der Waals surface area contributed by atoms with Crippen molar-refractivity contribution in [3.63, 3.8) is 0 Å². The van der Waals surface area contributed by atoms with Crippen LogP contribution in [0.4, 0.5) is 5.69 Å². The molecule has 1 amide bonds. The molecule has 3 nitrogen and oxygen atoms in total. The van der Waals surface area contributed by atoms with E-state index in [1.54, 1.807) is 24.3 Å². The quantitative estimate of drug-likeness (QED) is 0.832. The smallest absolute Gasteiger partial charge is 0.255 e. The average Bonchev–Trinajstić information content (AvgIpc) is 2.42. The molecule has 2 aromatic carbocycles. The van der Waals surface area contributed by atoms with Crippen LogP contribution in [0.1, 0.15) is 17.3 Å². The molecule has 2 rings (SSSR count). The third-order valence-corrected chi connectivity index (χ3v) is 3.49. The average molecular weight is 367 g/mol. The van der Waals surface area contributed by atoms with Crippen LogP contribution in [0.2, 0.25) is 0 Å². The normalized spacial score (nSPS) is 10.0. The predicted molar refractivity (Wildman–Crippen MR) is 84.7 cm³/mol. The molecule has 1 N–H and O–H groups in total. The van der Waals surface area contributed by atoms with Crippen LogP contribution in [-0.4, -0.2) is 12.5 Å². The Hall–Kier alpha value is -1.56. The molecule has 0 bridgehead atoms. The summed E-state index contributed by atoms with van der Waals surface area (Å²) in [6, 6.07) is 14.8. The zero-order valence-electron chi connectivity index (χ0n) is 10.5. The number of amides is 1. The maximum atomic E-state index is 12.1. The van der Waals surface area contributed by atoms with Gasteiger partial charge >= 0.3 is 0 Å². The van der Waals surface area contributed by atoms with Gasteiger partial charge in [0.15, 0.2) is 0 Å². The Morgan fingerprint density at radius 1 is 1.16 bits per heavy atom. The lowest BCUT2D eigenvalue weighted by Crippen LogP contribution is -2.12. The van der Waals surface area contributed by atoms with Gasteiger partial charge in [0.2, 0.25) is 0 Å². The van der Waals surface area contributed by atoms with Crippen molar-refractivity contribution in [3.8, 4) is 5.75 Å². The Kier molecular flexibility index (Phi) is 4.79. The third kappa shape index (κ3) is 3.70. The van der Waals surface area contributed by atoms with Gasteiger partial charge in [-0.1, -0.05) is 12.1 Å². The topological polar surface area (TPSA) is 38.3 Å². The van der Waals surface area contributed by atoms with Gasteiger partial charge in [-0.15, -0.1) is 0 Å². The standard InChI is InChI=1S/C15H14INO2/c1-2-19-12-9-7-11(8-10-12)15(18)17-14-6-4-3-5-13(14)16/h3-10H,2H2,1H3,(H,17,18). The molecule has 0 unspecified atom stereocenters. The largest absolute Gasteiger partial charge is 0.494 e. The third-order valence-electron chi connectivity index (χ3n) is 2.55. The molecule has 0 aliphatic carbocycles. The summed E-state index contributed by atoms with van der Waals surface area (Å²) >= 11 is 2.19. The van der Waals surface area contributed by atoms with Crippen LogP contribution in [0.3, 0.4) is 0 Å². The molecule has 19 heavy (non-hydrogen) atoms. The van der Waals surface area contributed by atoms with Gasteiger partial charge in [0.1, 0.15) is 5.75 Å². The maximum Gasteiger partial charge on any atom is 0.255 e. The van der Waals surface area contributed by atoms with Crippen molar-refractivity contribution in [2.24, 2.45) is 0 Å². The van der Waals surface area contributed by atoms with E-state index in [9.17, 15) is 4.79 Å². The maximum absolute atomic E-state index is 12.1. The Morgan fingerprint density at radius 3 is 2.47 bits per heavy atom. The number of ether oxygens (including phenoxy) is 1. The molecule has 0 aromatic heterocycles. The summed E-state index contributed by atoms with van der Waals surface area (Å²) in [7, 11) is 0. The first kappa shape index (κ1) is 13.9. The summed E-state index contributed by atoms with van der Waals surface area (Å²) in [6.45, 7) is 2.55. The predicted octanol–water partition coefficient (Wildman–Crippen LogP) is 3.94. The van der Waals surface area contributed by atoms with E-state index >= 15 is 0 Å². The highest BCUT2D eigenvalue weighted by molar-refractivity contribution is 14.1. The second-order valence-electron chi connectivity index (χ2n) is 3.89. The van der Waals surface area contributed by atoms with Crippen LogP contribution in [0.5, 0.6) is 5.75 Å². The van der Waals surface area contributed by atoms with Crippen LogP contribution in [0.25, 0.3) is 0 Å². The zero-order chi connectivity index (χ0) is 13.7. The molecule has 98 valence electrons. The van der Waals surface area contributed by atoms with Gasteiger partial charge in [0, 0.05) is 9.13 Å². The van der Waals surface area contributed by atoms with Gasteiger partial charge in [-0.3, -0.25) is 4.79 Å². The number of hydrogen-bond acceptors (Lipinski definition) is 2. The SMILES string of the molecule is CCOc1ccc(C(=O)Nc2ccccc2I)cc1. The lowest BCUT2D eigenvalue weighted by molar-refractivity contribution is 0.102. The highest BCUT2D eigenvalue weighted by Gasteiger charge is 2.07. The molecule has 0 spiro atoms. The Bertz CT molecular complexity index is 567. The van der Waals surface area contributed by atoms with Crippen LogP contribution in [0.15, 0.2) is 48.5 Å². The number of benzene rings is 2. The van der Waals surface area contributed by atoms with Gasteiger partial charge in [-0.25, -0.2) is 0 Å². The second kappa shape index (κ2) is 6.56. The van der Waals surface area contributed by atoms with Crippen molar-refractivity contribution in [2.75, 3.05) is 11.9 Å². The molecule has 2 aromatic rings. The molecule has 0 fully saturated rings. The minimum Gasteiger partial charge on any atom is -0.494 e. The summed E-state index contributed by atoms with van der Waals surface area (Å²) < 4.78 is 6.36. The summed E-state index contributed by atoms with van der Waals surface area (Å²) in [5.41, 5.74) is 1.44. The number of rotatable bonds is 4. The molecular formula is C15H14INO2. The van der Waals surface area contributed by atoms with E-state index in [0.717, 1.165) is 15.0 Å². The van der Waals surface area contributed by atoms with Crippen molar-refractivity contribution in [1.82, 2.24) is 0 Å². The minimum atomic E-state index is -0.118. The number of halogens is 1. The number of carbonyl (C=O) groups is 1. The Morgan fingerprint density at radius 2 is 1.84 bits per heavy atom. The molecule has 0 heterocycles. The van der Waals surface area contributed by atoms with Gasteiger partial charge < -0.3 is 10.1 Å². The molecule has 0 saturated carbocycles. The fraction of sp³-hybridized carbons (Fsp3) is 0.133. The fourth-order valence-corrected chi connectivity index (χ4v) is 2.15. The highest BCUT2D eigenvalue weighted by atomic mass is 127. The molecule has 0 radical (unpaired) electrons. The van der Waals surface area contributed by atoms with Crippen molar-refractivity contribution in [1.29, 1.82) is 0 Å². The van der Waals surface area contributed by atoms with Gasteiger partial charge in [-0.05, 0) is 65.9 Å². The molecule has 0 aliphatic rings. The first-order valence-electron chi connectivity index (χ1n) is 5.99. The van der Waals surface area contributed by atoms with E-state index in [2.05, 4.69) is 27.9 Å². The first-order valence-corrected chi connectivity index (χ1v) is 7.07. The fourth-order valence-electron chi connectivity index (χ4n) is 1.63. The van der Waals surface area contributed by atoms with Crippen molar-refractivity contribution in [3.05, 3.63) is 57.7 Å². The van der Waals surface area contributed by atoms with Crippen LogP contribution < -0.4 is 10.1 Å². The summed E-state index contributed by atoms with van der Waals surface area (Å²) in [4.78, 5) is 12.1. The zero-order valence-corrected chi connectivity index (χ0v) is 12.7. The van der Waals surface area contributed by atoms with Gasteiger partial charge in [0.05, 0.1) is 12.3 Å². The minimum absolute atomic E-state index is 0.118. The molecular weight excluding hydrogens is 353 g/mol. The van der Waals surface area contributed by atoms with E-state index in [0.29, 0.717) is 12.2 Å². The van der Waals surface area contributed by atoms with E-state index in [4.69, 9.17) is 4.74 Å². The van der Waals surface area contributed by atoms with Crippen LogP contribution in [-0.2, 0) is 0 Å². The lowest BCUT2D eigenvalue weighted by atomic mass is 10.2. The van der Waals surface area contributed by atoms with Crippen LogP contribution >= 0.6 is 22.6 Å². The molecule has 4 heteroatoms. The highest BCUT2D eigenvalue weighted by Crippen LogP contribution is 2.19. The monoisotopic (exact) mass is 367 g/mol. The van der Waals surface area contributed by atoms with E-state index in [-0.39, 0.29) is 5.91 Å². The number of para-hydroxylation sites is 1. The van der Waals surface area contributed by atoms with E-state index < -0.39 is 0 Å². The second-order valence-corrected chi connectivity index (χ2v) is 5.05. The number of nitrogens with one attached hydrogen (secondary N) is 1. The Balaban J connectivity index is 2.10. The summed E-state index contributed by atoms with van der Waals surface area (Å²) in [6.07, 6.45) is 0. The Labute approximate surface area is 126 Å². The molecule has 0 saturated heterocycles. The first-order chi connectivity index (χ1) is 9.20. The summed E-state index contributed by atoms with van der Waals surface area (Å²) in [5, 5.41) is 2.89. The number of anilines is 1. The van der Waals surface area contributed by atoms with Crippen molar-refractivity contribution >= 4 is 34.2 Å². The number of carbonyl (C=O) groups excluding carboxylic acids is 1. The van der Waals surface area contributed by atoms with E-state index in [1.165, 1.54) is 0 Å². The van der Waals surface area contributed by atoms with Gasteiger partial charge in [-0.2, -0.15) is 0 Å². The van der Waals surface area contributed by atoms with E-state index in [1.807, 2.05) is 31.2 Å². The molecule has 0 atom stereocenters.